The minimum atomic E-state index is -1.04. The van der Waals surface area contributed by atoms with Gasteiger partial charge in [0.05, 0.1) is 36.4 Å². The number of phenolic OH excluding ortho intramolecular Hbond substituents is 1. The number of rotatable bonds is 8. The summed E-state index contributed by atoms with van der Waals surface area (Å²) in [7, 11) is 1.38. The smallest absolute Gasteiger partial charge is 0.295 e. The summed E-state index contributed by atoms with van der Waals surface area (Å²) in [5.41, 5.74) is -0.153. The summed E-state index contributed by atoms with van der Waals surface area (Å²) in [5.74, 6) is -2.37. The lowest BCUT2D eigenvalue weighted by Gasteiger charge is -2.26. The van der Waals surface area contributed by atoms with E-state index in [0.29, 0.717) is 5.56 Å². The number of methoxy groups -OCH3 is 1. The molecule has 1 aliphatic rings. The summed E-state index contributed by atoms with van der Waals surface area (Å²) >= 11 is 0. The lowest BCUT2D eigenvalue weighted by Crippen LogP contribution is -2.33. The Balaban J connectivity index is 2.15. The van der Waals surface area contributed by atoms with E-state index in [4.69, 9.17) is 9.47 Å². The molecule has 1 heterocycles. The molecule has 0 aliphatic carbocycles. The highest BCUT2D eigenvalue weighted by Crippen LogP contribution is 2.41. The summed E-state index contributed by atoms with van der Waals surface area (Å²) < 4.78 is 10.6. The molecule has 0 aromatic heterocycles. The lowest BCUT2D eigenvalue weighted by molar-refractivity contribution is -0.384. The third-order valence-electron chi connectivity index (χ3n) is 5.17. The van der Waals surface area contributed by atoms with Crippen LogP contribution < -0.4 is 4.74 Å². The number of nitrogens with zero attached hydrogens (tertiary/aromatic N) is 2. The fourth-order valence-corrected chi connectivity index (χ4v) is 3.64. The van der Waals surface area contributed by atoms with E-state index in [2.05, 4.69) is 0 Å². The van der Waals surface area contributed by atoms with Crippen molar-refractivity contribution in [2.24, 2.45) is 0 Å². The molecule has 10 heteroatoms. The molecule has 33 heavy (non-hydrogen) atoms. The number of phenols is 1. The fraction of sp³-hybridized carbons (Fsp3) is 0.304. The van der Waals surface area contributed by atoms with Crippen LogP contribution in [0.1, 0.15) is 31.0 Å². The number of amides is 1. The van der Waals surface area contributed by atoms with Crippen LogP contribution in [0.15, 0.2) is 48.0 Å². The monoisotopic (exact) mass is 456 g/mol. The van der Waals surface area contributed by atoms with Gasteiger partial charge in [-0.15, -0.1) is 0 Å². The van der Waals surface area contributed by atoms with Gasteiger partial charge in [-0.05, 0) is 31.5 Å². The molecule has 174 valence electrons. The number of nitro benzene ring substituents is 1. The number of ether oxygens (including phenoxy) is 2. The maximum atomic E-state index is 13.0. The van der Waals surface area contributed by atoms with Gasteiger partial charge in [-0.2, -0.15) is 0 Å². The second kappa shape index (κ2) is 9.70. The van der Waals surface area contributed by atoms with Crippen LogP contribution in [0.4, 0.5) is 5.69 Å². The molecular formula is C23H24N2O8. The number of benzene rings is 2. The molecule has 2 N–H and O–H groups in total. The van der Waals surface area contributed by atoms with Crippen LogP contribution in [0.5, 0.6) is 11.5 Å². The molecule has 0 bridgehead atoms. The topological polar surface area (TPSA) is 139 Å². The van der Waals surface area contributed by atoms with Crippen LogP contribution in [0.2, 0.25) is 0 Å². The van der Waals surface area contributed by atoms with Crippen LogP contribution in [-0.4, -0.2) is 58.1 Å². The van der Waals surface area contributed by atoms with Crippen molar-refractivity contribution in [2.75, 3.05) is 20.3 Å². The number of aliphatic hydroxyl groups excluding tert-OH is 1. The zero-order valence-electron chi connectivity index (χ0n) is 18.3. The van der Waals surface area contributed by atoms with Crippen LogP contribution in [0.3, 0.4) is 0 Å². The molecule has 0 radical (unpaired) electrons. The van der Waals surface area contributed by atoms with Crippen LogP contribution >= 0.6 is 0 Å². The quantitative estimate of drug-likeness (QED) is 0.203. The number of carbonyl (C=O) groups is 2. The Morgan fingerprint density at radius 1 is 1.21 bits per heavy atom. The van der Waals surface area contributed by atoms with Crippen molar-refractivity contribution < 1.29 is 34.2 Å². The number of ketones is 1. The van der Waals surface area contributed by atoms with Gasteiger partial charge < -0.3 is 24.6 Å². The normalized spacial score (nSPS) is 17.6. The van der Waals surface area contributed by atoms with E-state index in [1.165, 1.54) is 42.3 Å². The van der Waals surface area contributed by atoms with E-state index in [1.807, 2.05) is 13.8 Å². The Kier molecular flexibility index (Phi) is 6.98. The number of aromatic hydroxyl groups is 1. The number of non-ortho nitro benzene ring substituents is 1. The number of hydrogen-bond acceptors (Lipinski definition) is 8. The molecule has 1 fully saturated rings. The first-order chi connectivity index (χ1) is 15.6. The number of carbonyl (C=O) groups excluding carboxylic acids is 2. The predicted molar refractivity (Wildman–Crippen MR) is 118 cm³/mol. The van der Waals surface area contributed by atoms with E-state index in [-0.39, 0.29) is 47.6 Å². The molecular weight excluding hydrogens is 432 g/mol. The maximum absolute atomic E-state index is 13.0. The van der Waals surface area contributed by atoms with Gasteiger partial charge in [-0.3, -0.25) is 19.7 Å². The number of Topliss-reactive ketones (excluding diaryl/α,β-unsaturated/α-hetero) is 1. The second-order valence-electron chi connectivity index (χ2n) is 7.65. The van der Waals surface area contributed by atoms with Crippen molar-refractivity contribution in [1.29, 1.82) is 0 Å². The van der Waals surface area contributed by atoms with Crippen LogP contribution in [0.25, 0.3) is 5.76 Å². The first-order valence-electron chi connectivity index (χ1n) is 10.2. The van der Waals surface area contributed by atoms with E-state index in [1.54, 1.807) is 6.07 Å². The molecule has 0 spiro atoms. The molecule has 1 atom stereocenters. The number of aliphatic hydroxyl groups is 1. The Morgan fingerprint density at radius 2 is 1.94 bits per heavy atom. The number of hydrogen-bond donors (Lipinski definition) is 2. The summed E-state index contributed by atoms with van der Waals surface area (Å²) in [6.07, 6.45) is -0.102. The van der Waals surface area contributed by atoms with Gasteiger partial charge in [0.15, 0.2) is 11.5 Å². The summed E-state index contributed by atoms with van der Waals surface area (Å²) in [4.78, 5) is 37.6. The molecule has 2 aromatic rings. The summed E-state index contributed by atoms with van der Waals surface area (Å²) in [6, 6.07) is 8.47. The number of nitro groups is 1. The minimum Gasteiger partial charge on any atom is -0.507 e. The van der Waals surface area contributed by atoms with Crippen molar-refractivity contribution in [1.82, 2.24) is 4.90 Å². The molecule has 10 nitrogen and oxygen atoms in total. The summed E-state index contributed by atoms with van der Waals surface area (Å²) in [6.45, 7) is 3.84. The van der Waals surface area contributed by atoms with Gasteiger partial charge >= 0.3 is 0 Å². The van der Waals surface area contributed by atoms with Gasteiger partial charge in [0.25, 0.3) is 17.4 Å². The van der Waals surface area contributed by atoms with Crippen molar-refractivity contribution in [2.45, 2.75) is 26.0 Å². The SMILES string of the molecule is COc1ccc(C2/C(=C(/O)c3cccc([N+](=O)[O-])c3)C(=O)C(=O)N2CCOC(C)C)cc1O. The van der Waals surface area contributed by atoms with Crippen molar-refractivity contribution in [3.63, 3.8) is 0 Å². The Bertz CT molecular complexity index is 1130. The Labute approximate surface area is 189 Å². The van der Waals surface area contributed by atoms with E-state index < -0.39 is 28.4 Å². The minimum absolute atomic E-state index is 0.0170. The van der Waals surface area contributed by atoms with E-state index in [9.17, 15) is 29.9 Å². The zero-order valence-corrected chi connectivity index (χ0v) is 18.3. The second-order valence-corrected chi connectivity index (χ2v) is 7.65. The van der Waals surface area contributed by atoms with Gasteiger partial charge in [0.1, 0.15) is 5.76 Å². The van der Waals surface area contributed by atoms with Gasteiger partial charge in [-0.25, -0.2) is 0 Å². The average molecular weight is 456 g/mol. The third-order valence-corrected chi connectivity index (χ3v) is 5.17. The molecule has 2 aromatic carbocycles. The van der Waals surface area contributed by atoms with Crippen LogP contribution in [0, 0.1) is 10.1 Å². The highest BCUT2D eigenvalue weighted by Gasteiger charge is 2.46. The number of likely N-dealkylation sites (tertiary alicyclic amines) is 1. The zero-order chi connectivity index (χ0) is 24.3. The van der Waals surface area contributed by atoms with E-state index >= 15 is 0 Å². The molecule has 3 rings (SSSR count). The van der Waals surface area contributed by atoms with E-state index in [0.717, 1.165) is 6.07 Å². The summed E-state index contributed by atoms with van der Waals surface area (Å²) in [5, 5.41) is 32.4. The largest absolute Gasteiger partial charge is 0.507 e. The highest BCUT2D eigenvalue weighted by atomic mass is 16.6. The third kappa shape index (κ3) is 4.80. The van der Waals surface area contributed by atoms with Crippen molar-refractivity contribution in [3.05, 3.63) is 69.3 Å². The lowest BCUT2D eigenvalue weighted by atomic mass is 9.95. The average Bonchev–Trinajstić information content (AvgIpc) is 3.03. The standard InChI is InChI=1S/C23H24N2O8/c1-13(2)33-10-9-24-20(14-7-8-18(32-3)17(26)12-14)19(22(28)23(24)29)21(27)15-5-4-6-16(11-15)25(30)31/h4-8,11-13,20,26-27H,9-10H2,1-3H3/b21-19-. The van der Waals surface area contributed by atoms with Gasteiger partial charge in [0.2, 0.25) is 0 Å². The Hall–Kier alpha value is -3.92. The van der Waals surface area contributed by atoms with Crippen molar-refractivity contribution in [3.8, 4) is 11.5 Å². The predicted octanol–water partition coefficient (Wildman–Crippen LogP) is 3.16. The Morgan fingerprint density at radius 3 is 2.55 bits per heavy atom. The van der Waals surface area contributed by atoms with Crippen molar-refractivity contribution >= 4 is 23.1 Å². The van der Waals surface area contributed by atoms with Crippen LogP contribution in [-0.2, 0) is 14.3 Å². The first-order valence-corrected chi connectivity index (χ1v) is 10.2. The highest BCUT2D eigenvalue weighted by molar-refractivity contribution is 6.46. The molecule has 1 unspecified atom stereocenters. The molecule has 1 aliphatic heterocycles. The maximum Gasteiger partial charge on any atom is 0.295 e. The molecule has 1 amide bonds. The fourth-order valence-electron chi connectivity index (χ4n) is 3.64. The molecule has 0 saturated carbocycles. The first kappa shape index (κ1) is 23.7. The van der Waals surface area contributed by atoms with Gasteiger partial charge in [0, 0.05) is 24.2 Å². The molecule has 1 saturated heterocycles. The van der Waals surface area contributed by atoms with Gasteiger partial charge in [-0.1, -0.05) is 18.2 Å².